The van der Waals surface area contributed by atoms with Crippen LogP contribution in [0.15, 0.2) is 27.6 Å². The van der Waals surface area contributed by atoms with Gasteiger partial charge in [0.05, 0.1) is 10.5 Å². The van der Waals surface area contributed by atoms with Crippen LogP contribution in [0.5, 0.6) is 0 Å². The number of rotatable bonds is 4. The van der Waals surface area contributed by atoms with Crippen molar-refractivity contribution in [1.29, 1.82) is 5.26 Å². The van der Waals surface area contributed by atoms with Gasteiger partial charge in [-0.1, -0.05) is 0 Å². The Morgan fingerprint density at radius 1 is 1.45 bits per heavy atom. The maximum atomic E-state index is 12.1. The van der Waals surface area contributed by atoms with E-state index in [1.54, 1.807) is 6.07 Å². The van der Waals surface area contributed by atoms with E-state index in [0.717, 1.165) is 4.31 Å². The van der Waals surface area contributed by atoms with Crippen LogP contribution < -0.4 is 0 Å². The standard InChI is InChI=1S/C12H13BrN2O4S/c1-8(7-14)19-12(16)9-4-5-10(13)11(6-9)20(17,18)15(2)3/h4-6,8H,1-3H3/t8-/m0/s1. The van der Waals surface area contributed by atoms with Crippen LogP contribution in [-0.4, -0.2) is 38.9 Å². The van der Waals surface area contributed by atoms with Gasteiger partial charge in [-0.3, -0.25) is 0 Å². The molecule has 0 radical (unpaired) electrons. The van der Waals surface area contributed by atoms with E-state index in [1.807, 2.05) is 0 Å². The summed E-state index contributed by atoms with van der Waals surface area (Å²) in [5.74, 6) is -0.748. The largest absolute Gasteiger partial charge is 0.444 e. The third-order valence-corrected chi connectivity index (χ3v) is 5.20. The molecule has 6 nitrogen and oxygen atoms in total. The zero-order chi connectivity index (χ0) is 15.5. The second-order valence-electron chi connectivity index (χ2n) is 4.11. The van der Waals surface area contributed by atoms with E-state index in [0.29, 0.717) is 4.47 Å². The maximum Gasteiger partial charge on any atom is 0.339 e. The van der Waals surface area contributed by atoms with Gasteiger partial charge in [-0.05, 0) is 41.1 Å². The van der Waals surface area contributed by atoms with Gasteiger partial charge in [-0.2, -0.15) is 5.26 Å². The van der Waals surface area contributed by atoms with Crippen molar-refractivity contribution in [2.24, 2.45) is 0 Å². The van der Waals surface area contributed by atoms with Gasteiger partial charge in [0.25, 0.3) is 0 Å². The smallest absolute Gasteiger partial charge is 0.339 e. The molecule has 0 aliphatic heterocycles. The van der Waals surface area contributed by atoms with Crippen molar-refractivity contribution in [2.75, 3.05) is 14.1 Å². The molecule has 0 fully saturated rings. The summed E-state index contributed by atoms with van der Waals surface area (Å²) in [5.41, 5.74) is 0.0655. The molecule has 0 saturated carbocycles. The topological polar surface area (TPSA) is 87.5 Å². The highest BCUT2D eigenvalue weighted by molar-refractivity contribution is 9.10. The molecule has 1 atom stereocenters. The van der Waals surface area contributed by atoms with Crippen molar-refractivity contribution in [3.05, 3.63) is 28.2 Å². The lowest BCUT2D eigenvalue weighted by Gasteiger charge is -2.14. The number of benzene rings is 1. The monoisotopic (exact) mass is 360 g/mol. The highest BCUT2D eigenvalue weighted by atomic mass is 79.9. The number of hydrogen-bond donors (Lipinski definition) is 0. The first-order valence-corrected chi connectivity index (χ1v) is 7.76. The Hall–Kier alpha value is -1.43. The molecular weight excluding hydrogens is 348 g/mol. The zero-order valence-electron chi connectivity index (χ0n) is 11.1. The molecule has 0 unspecified atom stereocenters. The Morgan fingerprint density at radius 3 is 2.55 bits per heavy atom. The van der Waals surface area contributed by atoms with E-state index in [2.05, 4.69) is 15.9 Å². The molecule has 108 valence electrons. The Morgan fingerprint density at radius 2 is 2.05 bits per heavy atom. The molecule has 0 aliphatic carbocycles. The number of carbonyl (C=O) groups is 1. The quantitative estimate of drug-likeness (QED) is 0.763. The first-order chi connectivity index (χ1) is 9.20. The first-order valence-electron chi connectivity index (χ1n) is 5.53. The van der Waals surface area contributed by atoms with Crippen molar-refractivity contribution >= 4 is 31.9 Å². The summed E-state index contributed by atoms with van der Waals surface area (Å²) in [6.45, 7) is 1.42. The summed E-state index contributed by atoms with van der Waals surface area (Å²) in [5, 5.41) is 8.59. The highest BCUT2D eigenvalue weighted by Crippen LogP contribution is 2.25. The number of nitriles is 1. The maximum absolute atomic E-state index is 12.1. The minimum atomic E-state index is -3.68. The molecule has 8 heteroatoms. The Balaban J connectivity index is 3.23. The number of hydrogen-bond acceptors (Lipinski definition) is 5. The van der Waals surface area contributed by atoms with Gasteiger partial charge >= 0.3 is 5.97 Å². The normalized spacial score (nSPS) is 12.8. The lowest BCUT2D eigenvalue weighted by molar-refractivity contribution is 0.0435. The van der Waals surface area contributed by atoms with Crippen LogP contribution in [0.2, 0.25) is 0 Å². The molecule has 0 amide bonds. The second-order valence-corrected chi connectivity index (χ2v) is 7.08. The van der Waals surface area contributed by atoms with Gasteiger partial charge < -0.3 is 4.74 Å². The summed E-state index contributed by atoms with van der Waals surface area (Å²) >= 11 is 3.14. The summed E-state index contributed by atoms with van der Waals surface area (Å²) in [7, 11) is -0.897. The highest BCUT2D eigenvalue weighted by Gasteiger charge is 2.23. The molecule has 1 rings (SSSR count). The third-order valence-electron chi connectivity index (χ3n) is 2.39. The van der Waals surface area contributed by atoms with E-state index in [4.69, 9.17) is 10.00 Å². The molecular formula is C12H13BrN2O4S. The number of sulfonamides is 1. The van der Waals surface area contributed by atoms with E-state index in [9.17, 15) is 13.2 Å². The number of nitrogens with zero attached hydrogens (tertiary/aromatic N) is 2. The van der Waals surface area contributed by atoms with Crippen LogP contribution in [0.25, 0.3) is 0 Å². The molecule has 0 N–H and O–H groups in total. The SMILES string of the molecule is C[C@@H](C#N)OC(=O)c1ccc(Br)c(S(=O)(=O)N(C)C)c1. The van der Waals surface area contributed by atoms with Gasteiger partial charge in [0.2, 0.25) is 10.0 Å². The molecule has 0 saturated heterocycles. The number of carbonyl (C=O) groups excluding carboxylic acids is 1. The summed E-state index contributed by atoms with van der Waals surface area (Å²) in [4.78, 5) is 11.7. The summed E-state index contributed by atoms with van der Waals surface area (Å²) < 4.78 is 30.4. The van der Waals surface area contributed by atoms with E-state index >= 15 is 0 Å². The van der Waals surface area contributed by atoms with E-state index < -0.39 is 22.1 Å². The predicted octanol–water partition coefficient (Wildman–Crippen LogP) is 1.77. The molecule has 20 heavy (non-hydrogen) atoms. The molecule has 0 heterocycles. The van der Waals surface area contributed by atoms with Gasteiger partial charge in [0.1, 0.15) is 6.07 Å². The third kappa shape index (κ3) is 3.56. The van der Waals surface area contributed by atoms with Crippen molar-refractivity contribution < 1.29 is 17.9 Å². The molecule has 1 aromatic carbocycles. The zero-order valence-corrected chi connectivity index (χ0v) is 13.5. The van der Waals surface area contributed by atoms with Gasteiger partial charge in [0.15, 0.2) is 6.10 Å². The Kier molecular flexibility index (Phi) is 5.28. The number of ether oxygens (including phenoxy) is 1. The van der Waals surface area contributed by atoms with E-state index in [-0.39, 0.29) is 10.5 Å². The van der Waals surface area contributed by atoms with Crippen LogP contribution in [-0.2, 0) is 14.8 Å². The van der Waals surface area contributed by atoms with Crippen LogP contribution in [0.3, 0.4) is 0 Å². The second kappa shape index (κ2) is 6.35. The molecule has 0 spiro atoms. The molecule has 0 bridgehead atoms. The fourth-order valence-corrected chi connectivity index (χ4v) is 3.12. The lowest BCUT2D eigenvalue weighted by Crippen LogP contribution is -2.23. The number of halogens is 1. The summed E-state index contributed by atoms with van der Waals surface area (Å²) in [6, 6.07) is 5.85. The number of esters is 1. The molecule has 0 aliphatic rings. The first kappa shape index (κ1) is 16.6. The molecule has 0 aromatic heterocycles. The van der Waals surface area contributed by atoms with Crippen molar-refractivity contribution in [2.45, 2.75) is 17.9 Å². The summed E-state index contributed by atoms with van der Waals surface area (Å²) in [6.07, 6.45) is -0.903. The average Bonchev–Trinajstić information content (AvgIpc) is 2.38. The van der Waals surface area contributed by atoms with Crippen molar-refractivity contribution in [3.63, 3.8) is 0 Å². The van der Waals surface area contributed by atoms with E-state index in [1.165, 1.54) is 39.2 Å². The van der Waals surface area contributed by atoms with Crippen LogP contribution in [0.4, 0.5) is 0 Å². The van der Waals surface area contributed by atoms with Gasteiger partial charge in [-0.15, -0.1) is 0 Å². The van der Waals surface area contributed by atoms with Crippen LogP contribution >= 0.6 is 15.9 Å². The van der Waals surface area contributed by atoms with Crippen molar-refractivity contribution in [3.8, 4) is 6.07 Å². The molecule has 1 aromatic rings. The lowest BCUT2D eigenvalue weighted by atomic mass is 10.2. The fraction of sp³-hybridized carbons (Fsp3) is 0.333. The Bertz CT molecular complexity index is 665. The van der Waals surface area contributed by atoms with Gasteiger partial charge in [0, 0.05) is 18.6 Å². The Labute approximate surface area is 126 Å². The minimum absolute atomic E-state index is 0.0402. The van der Waals surface area contributed by atoms with Gasteiger partial charge in [-0.25, -0.2) is 17.5 Å². The fourth-order valence-electron chi connectivity index (χ4n) is 1.28. The predicted molar refractivity (Wildman–Crippen MR) is 75.5 cm³/mol. The minimum Gasteiger partial charge on any atom is -0.444 e. The average molecular weight is 361 g/mol. The van der Waals surface area contributed by atoms with Crippen LogP contribution in [0, 0.1) is 11.3 Å². The van der Waals surface area contributed by atoms with Crippen LogP contribution in [0.1, 0.15) is 17.3 Å². The van der Waals surface area contributed by atoms with Crippen molar-refractivity contribution in [1.82, 2.24) is 4.31 Å².